The lowest BCUT2D eigenvalue weighted by atomic mass is 9.91. The smallest absolute Gasteiger partial charge is 0.310 e. The number of hydrogen-bond donors (Lipinski definition) is 0. The molecule has 1 aromatic rings. The molecular weight excluding hydrogens is 274 g/mol. The second kappa shape index (κ2) is 8.33. The van der Waals surface area contributed by atoms with Gasteiger partial charge in [0.2, 0.25) is 0 Å². The Kier molecular flexibility index (Phi) is 6.44. The zero-order valence-corrected chi connectivity index (χ0v) is 14.1. The summed E-state index contributed by atoms with van der Waals surface area (Å²) in [5.41, 5.74) is 1.33. The Morgan fingerprint density at radius 1 is 1.32 bits per heavy atom. The van der Waals surface area contributed by atoms with Gasteiger partial charge in [-0.3, -0.25) is 9.69 Å². The zero-order valence-electron chi connectivity index (χ0n) is 14.1. The maximum absolute atomic E-state index is 12.4. The van der Waals surface area contributed by atoms with Gasteiger partial charge in [-0.2, -0.15) is 0 Å². The average Bonchev–Trinajstić information content (AvgIpc) is 3.02. The van der Waals surface area contributed by atoms with Crippen LogP contribution in [0.1, 0.15) is 58.1 Å². The van der Waals surface area contributed by atoms with E-state index < -0.39 is 0 Å². The molecule has 1 aromatic carbocycles. The van der Waals surface area contributed by atoms with Crippen molar-refractivity contribution < 1.29 is 9.53 Å². The Hall–Kier alpha value is -1.35. The molecule has 1 aliphatic rings. The summed E-state index contributed by atoms with van der Waals surface area (Å²) in [4.78, 5) is 14.9. The molecular formula is C19H29NO2. The maximum Gasteiger partial charge on any atom is 0.310 e. The van der Waals surface area contributed by atoms with Crippen molar-refractivity contribution in [3.8, 4) is 0 Å². The summed E-state index contributed by atoms with van der Waals surface area (Å²) in [5, 5.41) is 0. The first-order chi connectivity index (χ1) is 10.7. The summed E-state index contributed by atoms with van der Waals surface area (Å²) in [5.74, 6) is 0.000115. The Balaban J connectivity index is 2.15. The molecule has 1 fully saturated rings. The number of nitrogens with zero attached hydrogens (tertiary/aromatic N) is 1. The lowest BCUT2D eigenvalue weighted by molar-refractivity contribution is -0.150. The SMILES string of the molecule is CCC[C@@H](C(=O)OCC)[C@H]1CCCN1[C@@H](C)c1ccccc1. The first-order valence-electron chi connectivity index (χ1n) is 8.66. The number of esters is 1. The van der Waals surface area contributed by atoms with Gasteiger partial charge in [0.1, 0.15) is 0 Å². The van der Waals surface area contributed by atoms with Gasteiger partial charge < -0.3 is 4.74 Å². The zero-order chi connectivity index (χ0) is 15.9. The Labute approximate surface area is 134 Å². The molecule has 3 nitrogen and oxygen atoms in total. The molecule has 0 spiro atoms. The van der Waals surface area contributed by atoms with Crippen molar-refractivity contribution in [2.45, 2.75) is 58.5 Å². The molecule has 0 unspecified atom stereocenters. The third-order valence-electron chi connectivity index (χ3n) is 4.78. The highest BCUT2D eigenvalue weighted by molar-refractivity contribution is 5.73. The van der Waals surface area contributed by atoms with E-state index in [1.807, 2.05) is 6.92 Å². The Morgan fingerprint density at radius 2 is 2.05 bits per heavy atom. The predicted octanol–water partition coefficient (Wildman–Crippen LogP) is 4.19. The number of hydrogen-bond acceptors (Lipinski definition) is 3. The standard InChI is InChI=1S/C19H29NO2/c1-4-10-17(19(21)22-5-2)18-13-9-14-20(18)15(3)16-11-7-6-8-12-16/h6-8,11-12,15,17-18H,4-5,9-10,13-14H2,1-3H3/t15-,17+,18+/m0/s1. The van der Waals surface area contributed by atoms with Gasteiger partial charge >= 0.3 is 5.97 Å². The number of ether oxygens (including phenoxy) is 1. The molecule has 0 bridgehead atoms. The summed E-state index contributed by atoms with van der Waals surface area (Å²) in [6.07, 6.45) is 4.21. The van der Waals surface area contributed by atoms with E-state index in [4.69, 9.17) is 4.74 Å². The molecule has 1 saturated heterocycles. The summed E-state index contributed by atoms with van der Waals surface area (Å²) in [6, 6.07) is 11.3. The van der Waals surface area contributed by atoms with Crippen molar-refractivity contribution >= 4 is 5.97 Å². The molecule has 0 aliphatic carbocycles. The average molecular weight is 303 g/mol. The van der Waals surface area contributed by atoms with Crippen LogP contribution in [-0.2, 0) is 9.53 Å². The molecule has 0 N–H and O–H groups in total. The van der Waals surface area contributed by atoms with Crippen LogP contribution >= 0.6 is 0 Å². The van der Waals surface area contributed by atoms with Gasteiger partial charge in [0.25, 0.3) is 0 Å². The minimum absolute atomic E-state index is 0.0125. The molecule has 1 heterocycles. The van der Waals surface area contributed by atoms with Gasteiger partial charge in [-0.05, 0) is 45.2 Å². The van der Waals surface area contributed by atoms with Crippen molar-refractivity contribution in [1.29, 1.82) is 0 Å². The molecule has 3 heteroatoms. The molecule has 0 amide bonds. The lowest BCUT2D eigenvalue weighted by Gasteiger charge is -2.35. The highest BCUT2D eigenvalue weighted by Crippen LogP contribution is 2.34. The second-order valence-corrected chi connectivity index (χ2v) is 6.18. The summed E-state index contributed by atoms with van der Waals surface area (Å²) in [7, 11) is 0. The van der Waals surface area contributed by atoms with Gasteiger partial charge in [-0.15, -0.1) is 0 Å². The number of carbonyl (C=O) groups excluding carboxylic acids is 1. The van der Waals surface area contributed by atoms with Crippen LogP contribution in [-0.4, -0.2) is 30.1 Å². The fraction of sp³-hybridized carbons (Fsp3) is 0.632. The van der Waals surface area contributed by atoms with Crippen molar-refractivity contribution in [1.82, 2.24) is 4.90 Å². The third kappa shape index (κ3) is 3.89. The Bertz CT molecular complexity index is 460. The third-order valence-corrected chi connectivity index (χ3v) is 4.78. The molecule has 22 heavy (non-hydrogen) atoms. The number of likely N-dealkylation sites (tertiary alicyclic amines) is 1. The Morgan fingerprint density at radius 3 is 2.68 bits per heavy atom. The van der Waals surface area contributed by atoms with Crippen LogP contribution in [0, 0.1) is 5.92 Å². The van der Waals surface area contributed by atoms with Crippen molar-refractivity contribution in [3.05, 3.63) is 35.9 Å². The van der Waals surface area contributed by atoms with E-state index in [1.54, 1.807) is 0 Å². The molecule has 122 valence electrons. The first-order valence-corrected chi connectivity index (χ1v) is 8.66. The summed E-state index contributed by atoms with van der Waals surface area (Å²) >= 11 is 0. The van der Waals surface area contributed by atoms with Crippen molar-refractivity contribution in [3.63, 3.8) is 0 Å². The van der Waals surface area contributed by atoms with E-state index in [0.29, 0.717) is 18.7 Å². The van der Waals surface area contributed by atoms with Crippen LogP contribution in [0.5, 0.6) is 0 Å². The lowest BCUT2D eigenvalue weighted by Crippen LogP contribution is -2.41. The van der Waals surface area contributed by atoms with Gasteiger partial charge in [0, 0.05) is 12.1 Å². The van der Waals surface area contributed by atoms with Gasteiger partial charge in [0.15, 0.2) is 0 Å². The van der Waals surface area contributed by atoms with E-state index in [0.717, 1.165) is 25.8 Å². The number of rotatable bonds is 7. The molecule has 0 radical (unpaired) electrons. The monoisotopic (exact) mass is 303 g/mol. The molecule has 3 atom stereocenters. The minimum Gasteiger partial charge on any atom is -0.466 e. The normalized spacial score (nSPS) is 21.5. The van der Waals surface area contributed by atoms with E-state index in [-0.39, 0.29) is 11.9 Å². The first kappa shape index (κ1) is 17.0. The predicted molar refractivity (Wildman–Crippen MR) is 89.6 cm³/mol. The quantitative estimate of drug-likeness (QED) is 0.707. The second-order valence-electron chi connectivity index (χ2n) is 6.18. The van der Waals surface area contributed by atoms with Crippen molar-refractivity contribution in [2.24, 2.45) is 5.92 Å². The number of carbonyl (C=O) groups is 1. The number of benzene rings is 1. The fourth-order valence-electron chi connectivity index (χ4n) is 3.68. The van der Waals surface area contributed by atoms with Crippen molar-refractivity contribution in [2.75, 3.05) is 13.2 Å². The summed E-state index contributed by atoms with van der Waals surface area (Å²) < 4.78 is 5.34. The highest BCUT2D eigenvalue weighted by atomic mass is 16.5. The van der Waals surface area contributed by atoms with Crippen LogP contribution in [0.15, 0.2) is 30.3 Å². The highest BCUT2D eigenvalue weighted by Gasteiger charge is 2.38. The van der Waals surface area contributed by atoms with Crippen LogP contribution in [0.2, 0.25) is 0 Å². The maximum atomic E-state index is 12.4. The largest absolute Gasteiger partial charge is 0.466 e. The molecule has 0 aromatic heterocycles. The van der Waals surface area contributed by atoms with Crippen LogP contribution < -0.4 is 0 Å². The summed E-state index contributed by atoms with van der Waals surface area (Å²) in [6.45, 7) is 7.83. The topological polar surface area (TPSA) is 29.5 Å². The van der Waals surface area contributed by atoms with E-state index in [9.17, 15) is 4.79 Å². The molecule has 2 rings (SSSR count). The van der Waals surface area contributed by atoms with E-state index >= 15 is 0 Å². The molecule has 1 aliphatic heterocycles. The van der Waals surface area contributed by atoms with Crippen LogP contribution in [0.25, 0.3) is 0 Å². The van der Waals surface area contributed by atoms with Gasteiger partial charge in [0.05, 0.1) is 12.5 Å². The van der Waals surface area contributed by atoms with Crippen LogP contribution in [0.4, 0.5) is 0 Å². The minimum atomic E-state index is -0.0125. The van der Waals surface area contributed by atoms with E-state index in [2.05, 4.69) is 49.1 Å². The fourth-order valence-corrected chi connectivity index (χ4v) is 3.68. The van der Waals surface area contributed by atoms with Gasteiger partial charge in [-0.25, -0.2) is 0 Å². The molecule has 0 saturated carbocycles. The van der Waals surface area contributed by atoms with Crippen LogP contribution in [0.3, 0.4) is 0 Å². The van der Waals surface area contributed by atoms with Gasteiger partial charge in [-0.1, -0.05) is 43.7 Å². The van der Waals surface area contributed by atoms with E-state index in [1.165, 1.54) is 12.0 Å².